The molecule has 0 atom stereocenters. The van der Waals surface area contributed by atoms with Gasteiger partial charge in [-0.05, 0) is 41.5 Å². The molecule has 110 valence electrons. The molecular weight excluding hydrogens is 384 g/mol. The first-order valence-electron chi connectivity index (χ1n) is 5.37. The Morgan fingerprint density at radius 3 is 0.588 bits per heavy atom. The molecule has 0 saturated carbocycles. The summed E-state index contributed by atoms with van der Waals surface area (Å²) in [6, 6.07) is 0. The molecule has 4 N–H and O–H groups in total. The predicted molar refractivity (Wildman–Crippen MR) is 78.3 cm³/mol. The molecule has 5 heteroatoms. The third-order valence-electron chi connectivity index (χ3n) is 0. The first kappa shape index (κ1) is 30.5. The summed E-state index contributed by atoms with van der Waals surface area (Å²) in [5, 5.41) is 7.00. The maximum Gasteiger partial charge on any atom is 0.00686 e. The maximum atomic E-state index is 5.35. The largest absolute Gasteiger partial charge is 0.668 e. The quantitative estimate of drug-likeness (QED) is 0.635. The van der Waals surface area contributed by atoms with Gasteiger partial charge in [0.1, 0.15) is 0 Å². The van der Waals surface area contributed by atoms with Crippen LogP contribution in [0, 0.1) is 0 Å². The van der Waals surface area contributed by atoms with E-state index in [0.717, 1.165) is 0 Å². The van der Waals surface area contributed by atoms with Crippen molar-refractivity contribution in [2.24, 2.45) is 11.5 Å². The summed E-state index contributed by atoms with van der Waals surface area (Å²) in [6.07, 6.45) is 0. The third kappa shape index (κ3) is 12500. The molecule has 0 aliphatic carbocycles. The van der Waals surface area contributed by atoms with E-state index in [9.17, 15) is 0 Å². The standard InChI is InChI=1S/2C4H11N.2C2H6N.W/c2*1-4(2,3)5;2*1-3-2;/h2*5H2,1-3H3;2*1-2H3;/q;;2*-1;. The van der Waals surface area contributed by atoms with Gasteiger partial charge in [-0.3, -0.25) is 0 Å². The fourth-order valence-electron chi connectivity index (χ4n) is 0. The van der Waals surface area contributed by atoms with Crippen LogP contribution in [0.15, 0.2) is 0 Å². The van der Waals surface area contributed by atoms with E-state index in [-0.39, 0.29) is 32.1 Å². The summed E-state index contributed by atoms with van der Waals surface area (Å²) in [5.74, 6) is 0. The Balaban J connectivity index is -0.0000000381. The van der Waals surface area contributed by atoms with Crippen molar-refractivity contribution in [3.8, 4) is 0 Å². The van der Waals surface area contributed by atoms with E-state index in [0.29, 0.717) is 0 Å². The second-order valence-electron chi connectivity index (χ2n) is 5.63. The zero-order valence-corrected chi connectivity index (χ0v) is 16.4. The molecule has 0 amide bonds. The van der Waals surface area contributed by atoms with Crippen LogP contribution in [0.5, 0.6) is 0 Å². The molecule has 0 aromatic rings. The molecule has 0 bridgehead atoms. The summed E-state index contributed by atoms with van der Waals surface area (Å²) >= 11 is 0. The van der Waals surface area contributed by atoms with Gasteiger partial charge in [0.25, 0.3) is 0 Å². The van der Waals surface area contributed by atoms with Crippen LogP contribution in [0.2, 0.25) is 0 Å². The summed E-state index contributed by atoms with van der Waals surface area (Å²) in [7, 11) is 7.00. The minimum atomic E-state index is 0. The average molecular weight is 418 g/mol. The molecule has 0 aliphatic rings. The van der Waals surface area contributed by atoms with Crippen LogP contribution < -0.4 is 11.5 Å². The van der Waals surface area contributed by atoms with Gasteiger partial charge in [-0.2, -0.15) is 28.2 Å². The summed E-state index contributed by atoms with van der Waals surface area (Å²) < 4.78 is 0. The SMILES string of the molecule is CC(C)(C)N.CC(C)(C)N.C[N-]C.C[N-]C.[W]. The van der Waals surface area contributed by atoms with Gasteiger partial charge < -0.3 is 22.1 Å². The second kappa shape index (κ2) is 18.9. The maximum absolute atomic E-state index is 5.35. The zero-order chi connectivity index (χ0) is 14.4. The van der Waals surface area contributed by atoms with Crippen LogP contribution in [0.25, 0.3) is 10.6 Å². The Hall–Kier alpha value is 0.528. The summed E-state index contributed by atoms with van der Waals surface area (Å²) in [4.78, 5) is 0. The molecule has 0 aromatic carbocycles. The van der Waals surface area contributed by atoms with Gasteiger partial charge in [0.05, 0.1) is 0 Å². The molecule has 0 aliphatic heterocycles. The number of rotatable bonds is 0. The van der Waals surface area contributed by atoms with Crippen molar-refractivity contribution < 1.29 is 21.1 Å². The Labute approximate surface area is 124 Å². The summed E-state index contributed by atoms with van der Waals surface area (Å²) in [5.41, 5.74) is 10.7. The number of nitrogens with zero attached hydrogens (tertiary/aromatic N) is 2. The number of hydrogen-bond acceptors (Lipinski definition) is 2. The molecule has 0 radical (unpaired) electrons. The van der Waals surface area contributed by atoms with Crippen molar-refractivity contribution in [3.63, 3.8) is 0 Å². The zero-order valence-electron chi connectivity index (χ0n) is 13.5. The first-order chi connectivity index (χ1) is 6.83. The predicted octanol–water partition coefficient (Wildman–Crippen LogP) is 2.72. The molecule has 0 rings (SSSR count). The van der Waals surface area contributed by atoms with Crippen molar-refractivity contribution in [2.45, 2.75) is 52.6 Å². The van der Waals surface area contributed by atoms with Gasteiger partial charge in [0, 0.05) is 32.1 Å². The van der Waals surface area contributed by atoms with Crippen molar-refractivity contribution in [1.29, 1.82) is 0 Å². The Morgan fingerprint density at radius 1 is 0.588 bits per heavy atom. The Bertz CT molecular complexity index is 80.1. The topological polar surface area (TPSA) is 80.2 Å². The molecule has 17 heavy (non-hydrogen) atoms. The van der Waals surface area contributed by atoms with E-state index >= 15 is 0 Å². The van der Waals surface area contributed by atoms with E-state index in [2.05, 4.69) is 10.6 Å². The Morgan fingerprint density at radius 2 is 0.588 bits per heavy atom. The van der Waals surface area contributed by atoms with Gasteiger partial charge in [-0.1, -0.05) is 0 Å². The molecule has 0 heterocycles. The van der Waals surface area contributed by atoms with Crippen molar-refractivity contribution in [3.05, 3.63) is 10.6 Å². The van der Waals surface area contributed by atoms with E-state index < -0.39 is 0 Å². The molecular formula is C12H34N4W-2. The molecule has 0 aromatic heterocycles. The van der Waals surface area contributed by atoms with Gasteiger partial charge in [0.2, 0.25) is 0 Å². The van der Waals surface area contributed by atoms with E-state index in [4.69, 9.17) is 11.5 Å². The fraction of sp³-hybridized carbons (Fsp3) is 1.00. The van der Waals surface area contributed by atoms with E-state index in [1.54, 1.807) is 28.2 Å². The van der Waals surface area contributed by atoms with E-state index in [1.807, 2.05) is 41.5 Å². The van der Waals surface area contributed by atoms with Crippen LogP contribution in [-0.2, 0) is 21.1 Å². The number of hydrogen-bond donors (Lipinski definition) is 2. The fourth-order valence-corrected chi connectivity index (χ4v) is 0. The Kier molecular flexibility index (Phi) is 33.9. The van der Waals surface area contributed by atoms with Crippen LogP contribution >= 0.6 is 0 Å². The van der Waals surface area contributed by atoms with Gasteiger partial charge in [-0.25, -0.2) is 0 Å². The first-order valence-corrected chi connectivity index (χ1v) is 5.37. The van der Waals surface area contributed by atoms with Gasteiger partial charge in [-0.15, -0.1) is 0 Å². The third-order valence-corrected chi connectivity index (χ3v) is 0. The van der Waals surface area contributed by atoms with Gasteiger partial charge >= 0.3 is 0 Å². The van der Waals surface area contributed by atoms with Crippen LogP contribution in [0.1, 0.15) is 41.5 Å². The van der Waals surface area contributed by atoms with Crippen LogP contribution in [-0.4, -0.2) is 39.3 Å². The molecule has 0 spiro atoms. The molecule has 0 saturated heterocycles. The minimum Gasteiger partial charge on any atom is -0.668 e. The summed E-state index contributed by atoms with van der Waals surface area (Å²) in [6.45, 7) is 11.8. The van der Waals surface area contributed by atoms with Crippen LogP contribution in [0.3, 0.4) is 0 Å². The van der Waals surface area contributed by atoms with Crippen LogP contribution in [0.4, 0.5) is 0 Å². The number of nitrogens with two attached hydrogens (primary N) is 2. The molecule has 0 fully saturated rings. The molecule has 4 nitrogen and oxygen atoms in total. The van der Waals surface area contributed by atoms with Crippen molar-refractivity contribution in [1.82, 2.24) is 0 Å². The normalized spacial score (nSPS) is 9.18. The van der Waals surface area contributed by atoms with E-state index in [1.165, 1.54) is 0 Å². The van der Waals surface area contributed by atoms with Crippen molar-refractivity contribution >= 4 is 0 Å². The smallest absolute Gasteiger partial charge is 0.00686 e. The average Bonchev–Trinajstić information content (AvgIpc) is 1.79. The minimum absolute atomic E-state index is 0. The van der Waals surface area contributed by atoms with Gasteiger partial charge in [0.15, 0.2) is 0 Å². The second-order valence-corrected chi connectivity index (χ2v) is 5.63. The monoisotopic (exact) mass is 418 g/mol. The molecule has 0 unspecified atom stereocenters. The van der Waals surface area contributed by atoms with Crippen molar-refractivity contribution in [2.75, 3.05) is 28.2 Å².